The Hall–Kier alpha value is -1.16. The molecule has 1 amide bonds. The fourth-order valence-corrected chi connectivity index (χ4v) is 1.27. The first-order chi connectivity index (χ1) is 5.33. The molecule has 1 aromatic heterocycles. The Bertz CT molecular complexity index is 243. The van der Waals surface area contributed by atoms with Crippen LogP contribution < -0.4 is 5.32 Å². The van der Waals surface area contributed by atoms with Crippen LogP contribution in [0.5, 0.6) is 0 Å². The summed E-state index contributed by atoms with van der Waals surface area (Å²) in [4.78, 5) is 21.3. The van der Waals surface area contributed by atoms with E-state index in [0.717, 1.165) is 4.88 Å². The summed E-state index contributed by atoms with van der Waals surface area (Å²) in [5.74, 6) is -0.571. The van der Waals surface area contributed by atoms with E-state index in [1.165, 1.54) is 0 Å². The SMILES string of the molecule is O=CC(=O)NCc1cccs1. The second-order valence-electron chi connectivity index (χ2n) is 1.92. The zero-order valence-electron chi connectivity index (χ0n) is 5.74. The maximum absolute atomic E-state index is 10.4. The van der Waals surface area contributed by atoms with Crippen molar-refractivity contribution in [2.45, 2.75) is 6.54 Å². The van der Waals surface area contributed by atoms with Crippen molar-refractivity contribution in [2.75, 3.05) is 0 Å². The first-order valence-corrected chi connectivity index (χ1v) is 3.96. The molecule has 0 radical (unpaired) electrons. The fourth-order valence-electron chi connectivity index (χ4n) is 0.629. The quantitative estimate of drug-likeness (QED) is 0.531. The first-order valence-electron chi connectivity index (χ1n) is 3.08. The van der Waals surface area contributed by atoms with Gasteiger partial charge in [-0.25, -0.2) is 0 Å². The molecule has 1 aromatic rings. The van der Waals surface area contributed by atoms with Gasteiger partial charge < -0.3 is 5.32 Å². The van der Waals surface area contributed by atoms with E-state index >= 15 is 0 Å². The minimum absolute atomic E-state index is 0.271. The molecule has 0 atom stereocenters. The number of nitrogens with one attached hydrogen (secondary N) is 1. The lowest BCUT2D eigenvalue weighted by Crippen LogP contribution is -2.22. The van der Waals surface area contributed by atoms with Crippen LogP contribution in [0.2, 0.25) is 0 Å². The molecule has 0 aromatic carbocycles. The average Bonchev–Trinajstić information content (AvgIpc) is 2.52. The summed E-state index contributed by atoms with van der Waals surface area (Å²) < 4.78 is 0. The van der Waals surface area contributed by atoms with Crippen molar-refractivity contribution in [3.8, 4) is 0 Å². The molecule has 0 aliphatic heterocycles. The number of carbonyl (C=O) groups excluding carboxylic acids is 2. The first kappa shape index (κ1) is 7.94. The third-order valence-electron chi connectivity index (χ3n) is 1.12. The van der Waals surface area contributed by atoms with E-state index in [1.54, 1.807) is 11.3 Å². The van der Waals surface area contributed by atoms with Gasteiger partial charge in [-0.2, -0.15) is 0 Å². The van der Waals surface area contributed by atoms with Gasteiger partial charge >= 0.3 is 0 Å². The number of hydrogen-bond acceptors (Lipinski definition) is 3. The molecular weight excluding hydrogens is 162 g/mol. The van der Waals surface area contributed by atoms with E-state index in [1.807, 2.05) is 17.5 Å². The summed E-state index contributed by atoms with van der Waals surface area (Å²) in [6, 6.07) is 3.79. The highest BCUT2D eigenvalue weighted by Gasteiger charge is 1.97. The molecule has 0 aliphatic rings. The minimum atomic E-state index is -0.571. The smallest absolute Gasteiger partial charge is 0.284 e. The molecule has 0 saturated heterocycles. The number of aldehydes is 1. The molecule has 0 bridgehead atoms. The number of hydrogen-bond donors (Lipinski definition) is 1. The van der Waals surface area contributed by atoms with Crippen LogP contribution in [0, 0.1) is 0 Å². The van der Waals surface area contributed by atoms with Crippen LogP contribution in [0.25, 0.3) is 0 Å². The Balaban J connectivity index is 2.34. The molecule has 0 fully saturated rings. The third-order valence-corrected chi connectivity index (χ3v) is 2.00. The molecule has 0 unspecified atom stereocenters. The highest BCUT2D eigenvalue weighted by molar-refractivity contribution is 7.09. The van der Waals surface area contributed by atoms with Gasteiger partial charge in [0.1, 0.15) is 0 Å². The van der Waals surface area contributed by atoms with E-state index in [-0.39, 0.29) is 6.29 Å². The number of rotatable bonds is 3. The second-order valence-corrected chi connectivity index (χ2v) is 2.95. The lowest BCUT2D eigenvalue weighted by Gasteiger charge is -1.95. The lowest BCUT2D eigenvalue weighted by atomic mass is 10.4. The average molecular weight is 169 g/mol. The molecule has 1 N–H and O–H groups in total. The Morgan fingerprint density at radius 3 is 3.09 bits per heavy atom. The van der Waals surface area contributed by atoms with Gasteiger partial charge in [0.2, 0.25) is 6.29 Å². The summed E-state index contributed by atoms with van der Waals surface area (Å²) in [6.07, 6.45) is 0.271. The highest BCUT2D eigenvalue weighted by Crippen LogP contribution is 2.06. The van der Waals surface area contributed by atoms with E-state index in [2.05, 4.69) is 5.32 Å². The molecule has 0 saturated carbocycles. The van der Waals surface area contributed by atoms with E-state index < -0.39 is 5.91 Å². The number of thiophene rings is 1. The van der Waals surface area contributed by atoms with Gasteiger partial charge in [-0.05, 0) is 11.4 Å². The van der Waals surface area contributed by atoms with E-state index in [9.17, 15) is 9.59 Å². The van der Waals surface area contributed by atoms with Crippen molar-refractivity contribution in [3.63, 3.8) is 0 Å². The summed E-state index contributed by atoms with van der Waals surface area (Å²) in [5.41, 5.74) is 0. The molecule has 58 valence electrons. The van der Waals surface area contributed by atoms with Crippen LogP contribution in [-0.4, -0.2) is 12.2 Å². The normalized spacial score (nSPS) is 9.09. The summed E-state index contributed by atoms with van der Waals surface area (Å²) in [5, 5.41) is 4.36. The zero-order chi connectivity index (χ0) is 8.10. The van der Waals surface area contributed by atoms with Crippen LogP contribution in [0.4, 0.5) is 0 Å². The fraction of sp³-hybridized carbons (Fsp3) is 0.143. The topological polar surface area (TPSA) is 46.2 Å². The van der Waals surface area contributed by atoms with Crippen LogP contribution in [0.1, 0.15) is 4.88 Å². The zero-order valence-corrected chi connectivity index (χ0v) is 6.56. The maximum Gasteiger partial charge on any atom is 0.284 e. The van der Waals surface area contributed by atoms with Gasteiger partial charge in [-0.1, -0.05) is 6.07 Å². The molecule has 11 heavy (non-hydrogen) atoms. The Morgan fingerprint density at radius 1 is 1.73 bits per heavy atom. The Kier molecular flexibility index (Phi) is 2.80. The standard InChI is InChI=1S/C7H7NO2S/c9-5-7(10)8-4-6-2-1-3-11-6/h1-3,5H,4H2,(H,8,10). The maximum atomic E-state index is 10.4. The molecule has 3 nitrogen and oxygen atoms in total. The van der Waals surface area contributed by atoms with Crippen molar-refractivity contribution in [1.82, 2.24) is 5.32 Å². The Morgan fingerprint density at radius 2 is 2.55 bits per heavy atom. The van der Waals surface area contributed by atoms with Crippen LogP contribution in [0.15, 0.2) is 17.5 Å². The van der Waals surface area contributed by atoms with Crippen LogP contribution >= 0.6 is 11.3 Å². The molecule has 4 heteroatoms. The Labute approximate surface area is 68.0 Å². The van der Waals surface area contributed by atoms with Gasteiger partial charge in [0.25, 0.3) is 5.91 Å². The van der Waals surface area contributed by atoms with Gasteiger partial charge in [0.15, 0.2) is 0 Å². The van der Waals surface area contributed by atoms with E-state index in [0.29, 0.717) is 6.54 Å². The van der Waals surface area contributed by atoms with Gasteiger partial charge in [-0.3, -0.25) is 9.59 Å². The molecule has 0 aliphatic carbocycles. The molecule has 1 rings (SSSR count). The summed E-state index contributed by atoms with van der Waals surface area (Å²) in [6.45, 7) is 0.440. The van der Waals surface area contributed by atoms with Crippen molar-refractivity contribution in [2.24, 2.45) is 0 Å². The predicted molar refractivity (Wildman–Crippen MR) is 42.2 cm³/mol. The monoisotopic (exact) mass is 169 g/mol. The second kappa shape index (κ2) is 3.88. The molecular formula is C7H7NO2S. The molecule has 0 spiro atoms. The van der Waals surface area contributed by atoms with Crippen molar-refractivity contribution >= 4 is 23.5 Å². The van der Waals surface area contributed by atoms with E-state index in [4.69, 9.17) is 0 Å². The largest absolute Gasteiger partial charge is 0.345 e. The van der Waals surface area contributed by atoms with Crippen LogP contribution in [-0.2, 0) is 16.1 Å². The van der Waals surface area contributed by atoms with Crippen LogP contribution in [0.3, 0.4) is 0 Å². The minimum Gasteiger partial charge on any atom is -0.345 e. The third kappa shape index (κ3) is 2.51. The summed E-state index contributed by atoms with van der Waals surface area (Å²) in [7, 11) is 0. The van der Waals surface area contributed by atoms with Gasteiger partial charge in [-0.15, -0.1) is 11.3 Å². The predicted octanol–water partition coefficient (Wildman–Crippen LogP) is 0.563. The highest BCUT2D eigenvalue weighted by atomic mass is 32.1. The summed E-state index contributed by atoms with van der Waals surface area (Å²) >= 11 is 1.54. The molecule has 1 heterocycles. The number of amides is 1. The van der Waals surface area contributed by atoms with Gasteiger partial charge in [0.05, 0.1) is 6.54 Å². The van der Waals surface area contributed by atoms with Gasteiger partial charge in [0, 0.05) is 4.88 Å². The lowest BCUT2D eigenvalue weighted by molar-refractivity contribution is -0.131. The van der Waals surface area contributed by atoms with Crippen molar-refractivity contribution in [3.05, 3.63) is 22.4 Å². The van der Waals surface area contributed by atoms with Crippen molar-refractivity contribution < 1.29 is 9.59 Å². The number of carbonyl (C=O) groups is 2. The van der Waals surface area contributed by atoms with Crippen molar-refractivity contribution in [1.29, 1.82) is 0 Å².